The highest BCUT2D eigenvalue weighted by Gasteiger charge is 2.26. The zero-order valence-electron chi connectivity index (χ0n) is 12.4. The van der Waals surface area contributed by atoms with Crippen LogP contribution in [0.5, 0.6) is 0 Å². The highest BCUT2D eigenvalue weighted by molar-refractivity contribution is 6.29. The lowest BCUT2D eigenvalue weighted by Gasteiger charge is -2.24. The molecule has 1 aromatic rings. The number of hydrogen-bond donors (Lipinski definition) is 0. The van der Waals surface area contributed by atoms with Crippen molar-refractivity contribution in [3.8, 4) is 0 Å². The summed E-state index contributed by atoms with van der Waals surface area (Å²) in [6, 6.07) is 1.62. The standard InChI is InChI=1S/C14H19ClN2O3/c1-6-9-7-11(15)16-8-10(9)12(18)17(5)13(19)20-14(2,3)4/h7-8H,6H2,1-5H3. The zero-order valence-corrected chi connectivity index (χ0v) is 13.1. The largest absolute Gasteiger partial charge is 0.443 e. The fourth-order valence-corrected chi connectivity index (χ4v) is 1.73. The summed E-state index contributed by atoms with van der Waals surface area (Å²) in [7, 11) is 1.38. The second-order valence-electron chi connectivity index (χ2n) is 5.36. The Labute approximate surface area is 123 Å². The third-order valence-corrected chi connectivity index (χ3v) is 2.75. The van der Waals surface area contributed by atoms with Gasteiger partial charge in [0.1, 0.15) is 10.8 Å². The van der Waals surface area contributed by atoms with Crippen molar-refractivity contribution in [3.05, 3.63) is 28.5 Å². The number of pyridine rings is 1. The lowest BCUT2D eigenvalue weighted by molar-refractivity contribution is 0.0284. The van der Waals surface area contributed by atoms with E-state index in [4.69, 9.17) is 16.3 Å². The van der Waals surface area contributed by atoms with Crippen LogP contribution in [0.25, 0.3) is 0 Å². The van der Waals surface area contributed by atoms with E-state index in [9.17, 15) is 9.59 Å². The van der Waals surface area contributed by atoms with E-state index < -0.39 is 17.6 Å². The molecule has 0 spiro atoms. The second kappa shape index (κ2) is 6.22. The summed E-state index contributed by atoms with van der Waals surface area (Å²) in [6.07, 6.45) is 1.30. The van der Waals surface area contributed by atoms with Crippen LogP contribution in [0.15, 0.2) is 12.3 Å². The maximum absolute atomic E-state index is 12.3. The minimum absolute atomic E-state index is 0.318. The molecule has 0 aliphatic rings. The number of hydrogen-bond acceptors (Lipinski definition) is 4. The van der Waals surface area contributed by atoms with E-state index >= 15 is 0 Å². The minimum Gasteiger partial charge on any atom is -0.443 e. The van der Waals surface area contributed by atoms with E-state index in [0.29, 0.717) is 17.1 Å². The quantitative estimate of drug-likeness (QED) is 0.786. The van der Waals surface area contributed by atoms with Crippen LogP contribution >= 0.6 is 11.6 Å². The molecular weight excluding hydrogens is 280 g/mol. The van der Waals surface area contributed by atoms with E-state index in [1.807, 2.05) is 6.92 Å². The molecule has 0 radical (unpaired) electrons. The number of nitrogens with zero attached hydrogens (tertiary/aromatic N) is 2. The van der Waals surface area contributed by atoms with Crippen LogP contribution in [0.4, 0.5) is 4.79 Å². The molecule has 0 unspecified atom stereocenters. The Hall–Kier alpha value is -1.62. The van der Waals surface area contributed by atoms with Crippen LogP contribution in [0, 0.1) is 0 Å². The van der Waals surface area contributed by atoms with Crippen LogP contribution in [-0.2, 0) is 11.2 Å². The number of imide groups is 1. The van der Waals surface area contributed by atoms with Crippen molar-refractivity contribution < 1.29 is 14.3 Å². The maximum atomic E-state index is 12.3. The summed E-state index contributed by atoms with van der Waals surface area (Å²) in [5.41, 5.74) is 0.438. The van der Waals surface area contributed by atoms with Gasteiger partial charge in [0.05, 0.1) is 5.56 Å². The Balaban J connectivity index is 2.97. The van der Waals surface area contributed by atoms with Crippen molar-refractivity contribution in [3.63, 3.8) is 0 Å². The predicted octanol–water partition coefficient (Wildman–Crippen LogP) is 3.30. The Morgan fingerprint density at radius 2 is 2.00 bits per heavy atom. The number of aryl methyl sites for hydroxylation is 1. The van der Waals surface area contributed by atoms with Gasteiger partial charge in [-0.05, 0) is 38.8 Å². The van der Waals surface area contributed by atoms with Gasteiger partial charge in [-0.2, -0.15) is 0 Å². The van der Waals surface area contributed by atoms with Crippen LogP contribution < -0.4 is 0 Å². The SMILES string of the molecule is CCc1cc(Cl)ncc1C(=O)N(C)C(=O)OC(C)(C)C. The summed E-state index contributed by atoms with van der Waals surface area (Å²) < 4.78 is 5.16. The van der Waals surface area contributed by atoms with Gasteiger partial charge in [0, 0.05) is 13.2 Å². The lowest BCUT2D eigenvalue weighted by atomic mass is 10.1. The number of aromatic nitrogens is 1. The molecule has 0 aliphatic carbocycles. The summed E-state index contributed by atoms with van der Waals surface area (Å²) >= 11 is 5.80. The predicted molar refractivity (Wildman–Crippen MR) is 77.0 cm³/mol. The third kappa shape index (κ3) is 4.20. The third-order valence-electron chi connectivity index (χ3n) is 2.54. The van der Waals surface area contributed by atoms with Gasteiger partial charge < -0.3 is 4.74 Å². The number of rotatable bonds is 2. The number of ether oxygens (including phenoxy) is 1. The molecule has 1 aromatic heterocycles. The van der Waals surface area contributed by atoms with Gasteiger partial charge in [0.15, 0.2) is 0 Å². The van der Waals surface area contributed by atoms with Gasteiger partial charge in [-0.15, -0.1) is 0 Å². The van der Waals surface area contributed by atoms with E-state index in [0.717, 1.165) is 10.5 Å². The first-order valence-electron chi connectivity index (χ1n) is 6.31. The summed E-state index contributed by atoms with van der Waals surface area (Å²) in [4.78, 5) is 29.0. The second-order valence-corrected chi connectivity index (χ2v) is 5.75. The van der Waals surface area contributed by atoms with Crippen molar-refractivity contribution >= 4 is 23.6 Å². The molecule has 0 saturated carbocycles. The summed E-state index contributed by atoms with van der Waals surface area (Å²) in [5.74, 6) is -0.458. The topological polar surface area (TPSA) is 59.5 Å². The molecule has 0 N–H and O–H groups in total. The average molecular weight is 299 g/mol. The van der Waals surface area contributed by atoms with Crippen LogP contribution in [-0.4, -0.2) is 34.5 Å². The van der Waals surface area contributed by atoms with Gasteiger partial charge in [-0.25, -0.2) is 14.7 Å². The molecule has 0 bridgehead atoms. The molecule has 110 valence electrons. The van der Waals surface area contributed by atoms with Gasteiger partial charge in [0.25, 0.3) is 5.91 Å². The molecule has 20 heavy (non-hydrogen) atoms. The van der Waals surface area contributed by atoms with Crippen molar-refractivity contribution in [2.45, 2.75) is 39.7 Å². The fraction of sp³-hybridized carbons (Fsp3) is 0.500. The van der Waals surface area contributed by atoms with Gasteiger partial charge in [-0.3, -0.25) is 4.79 Å². The Bertz CT molecular complexity index is 524. The molecule has 0 aromatic carbocycles. The van der Waals surface area contributed by atoms with E-state index in [1.165, 1.54) is 13.2 Å². The van der Waals surface area contributed by atoms with E-state index in [2.05, 4.69) is 4.98 Å². The molecule has 0 aliphatic heterocycles. The molecule has 0 atom stereocenters. The van der Waals surface area contributed by atoms with E-state index in [1.54, 1.807) is 26.8 Å². The fourth-order valence-electron chi connectivity index (χ4n) is 1.55. The zero-order chi connectivity index (χ0) is 15.5. The van der Waals surface area contributed by atoms with Crippen LogP contribution in [0.1, 0.15) is 43.6 Å². The Morgan fingerprint density at radius 3 is 2.50 bits per heavy atom. The molecular formula is C14H19ClN2O3. The number of carbonyl (C=O) groups excluding carboxylic acids is 2. The maximum Gasteiger partial charge on any atom is 0.417 e. The minimum atomic E-state index is -0.695. The first-order chi connectivity index (χ1) is 9.15. The lowest BCUT2D eigenvalue weighted by Crippen LogP contribution is -2.38. The van der Waals surface area contributed by atoms with Gasteiger partial charge in [0.2, 0.25) is 0 Å². The van der Waals surface area contributed by atoms with E-state index in [-0.39, 0.29) is 0 Å². The number of halogens is 1. The van der Waals surface area contributed by atoms with Gasteiger partial charge in [-0.1, -0.05) is 18.5 Å². The smallest absolute Gasteiger partial charge is 0.417 e. The Morgan fingerprint density at radius 1 is 1.40 bits per heavy atom. The summed E-state index contributed by atoms with van der Waals surface area (Å²) in [5, 5.41) is 0.318. The normalized spacial score (nSPS) is 11.1. The first kappa shape index (κ1) is 16.4. The number of carbonyl (C=O) groups is 2. The van der Waals surface area contributed by atoms with Crippen LogP contribution in [0.3, 0.4) is 0 Å². The van der Waals surface area contributed by atoms with Crippen molar-refractivity contribution in [2.24, 2.45) is 0 Å². The molecule has 1 rings (SSSR count). The highest BCUT2D eigenvalue weighted by atomic mass is 35.5. The van der Waals surface area contributed by atoms with Crippen LogP contribution in [0.2, 0.25) is 5.15 Å². The molecule has 0 fully saturated rings. The average Bonchev–Trinajstić information content (AvgIpc) is 2.34. The number of amides is 2. The summed E-state index contributed by atoms with van der Waals surface area (Å²) in [6.45, 7) is 7.12. The molecule has 6 heteroatoms. The van der Waals surface area contributed by atoms with Crippen molar-refractivity contribution in [1.29, 1.82) is 0 Å². The Kier molecular flexibility index (Phi) is 5.11. The van der Waals surface area contributed by atoms with Gasteiger partial charge >= 0.3 is 6.09 Å². The molecule has 2 amide bonds. The van der Waals surface area contributed by atoms with Crippen molar-refractivity contribution in [2.75, 3.05) is 7.05 Å². The monoisotopic (exact) mass is 298 g/mol. The molecule has 5 nitrogen and oxygen atoms in total. The molecule has 0 saturated heterocycles. The van der Waals surface area contributed by atoms with Crippen molar-refractivity contribution in [1.82, 2.24) is 9.88 Å². The molecule has 1 heterocycles. The first-order valence-corrected chi connectivity index (χ1v) is 6.69. The highest BCUT2D eigenvalue weighted by Crippen LogP contribution is 2.17.